The van der Waals surface area contributed by atoms with Crippen molar-refractivity contribution in [1.29, 1.82) is 0 Å². The van der Waals surface area contributed by atoms with Gasteiger partial charge in [-0.1, -0.05) is 12.1 Å². The van der Waals surface area contributed by atoms with E-state index in [2.05, 4.69) is 29.0 Å². The van der Waals surface area contributed by atoms with E-state index in [1.54, 1.807) is 13.4 Å². The molecule has 4 rings (SSSR count). The molecule has 0 aliphatic carbocycles. The number of likely N-dealkylation sites (N-methyl/N-ethyl adjacent to an activating group) is 1. The fourth-order valence-corrected chi connectivity index (χ4v) is 4.53. The van der Waals surface area contributed by atoms with Crippen molar-refractivity contribution < 1.29 is 13.9 Å². The van der Waals surface area contributed by atoms with Crippen molar-refractivity contribution in [3.05, 3.63) is 54.0 Å². The first-order valence-corrected chi connectivity index (χ1v) is 9.92. The quantitative estimate of drug-likeness (QED) is 0.779. The number of nitrogens with zero attached hydrogens (tertiary/aromatic N) is 2. The number of rotatable bonds is 6. The van der Waals surface area contributed by atoms with Gasteiger partial charge >= 0.3 is 0 Å². The predicted octanol–water partition coefficient (Wildman–Crippen LogP) is 3.40. The molecule has 0 amide bonds. The highest BCUT2D eigenvalue weighted by Crippen LogP contribution is 2.32. The topological polar surface area (TPSA) is 38.1 Å². The summed E-state index contributed by atoms with van der Waals surface area (Å²) in [4.78, 5) is 4.99. The van der Waals surface area contributed by atoms with Gasteiger partial charge in [-0.3, -0.25) is 9.80 Å². The van der Waals surface area contributed by atoms with Gasteiger partial charge in [0.1, 0.15) is 11.5 Å². The highest BCUT2D eigenvalue weighted by atomic mass is 16.5. The Morgan fingerprint density at radius 3 is 2.78 bits per heavy atom. The molecule has 27 heavy (non-hydrogen) atoms. The number of furan rings is 1. The zero-order valence-corrected chi connectivity index (χ0v) is 16.3. The maximum absolute atomic E-state index is 6.25. The molecule has 2 aromatic rings. The van der Waals surface area contributed by atoms with E-state index in [9.17, 15) is 0 Å². The molecule has 0 radical (unpaired) electrons. The summed E-state index contributed by atoms with van der Waals surface area (Å²) in [5, 5.41) is 0. The fraction of sp³-hybridized carbons (Fsp3) is 0.545. The van der Waals surface area contributed by atoms with Crippen LogP contribution < -0.4 is 4.74 Å². The Bertz CT molecular complexity index is 701. The highest BCUT2D eigenvalue weighted by molar-refractivity contribution is 5.27. The van der Waals surface area contributed by atoms with Gasteiger partial charge in [-0.05, 0) is 55.6 Å². The van der Waals surface area contributed by atoms with Gasteiger partial charge in [-0.25, -0.2) is 0 Å². The molecule has 5 heteroatoms. The van der Waals surface area contributed by atoms with Crippen LogP contribution in [-0.4, -0.2) is 55.8 Å². The van der Waals surface area contributed by atoms with Gasteiger partial charge in [-0.2, -0.15) is 0 Å². The Balaban J connectivity index is 1.46. The van der Waals surface area contributed by atoms with E-state index in [1.807, 2.05) is 24.3 Å². The number of fused-ring (bicyclic) bond motifs is 1. The molecule has 5 nitrogen and oxygen atoms in total. The molecule has 2 aliphatic rings. The molecular formula is C22H30N2O3. The van der Waals surface area contributed by atoms with E-state index >= 15 is 0 Å². The Morgan fingerprint density at radius 1 is 1.19 bits per heavy atom. The van der Waals surface area contributed by atoms with Crippen molar-refractivity contribution in [3.63, 3.8) is 0 Å². The minimum Gasteiger partial charge on any atom is -0.497 e. The van der Waals surface area contributed by atoms with Gasteiger partial charge in [0.2, 0.25) is 0 Å². The molecular weight excluding hydrogens is 340 g/mol. The number of methoxy groups -OCH3 is 1. The second-order valence-corrected chi connectivity index (χ2v) is 7.84. The summed E-state index contributed by atoms with van der Waals surface area (Å²) in [6.07, 6.45) is 4.51. The molecule has 0 bridgehead atoms. The van der Waals surface area contributed by atoms with Crippen LogP contribution in [-0.2, 0) is 17.8 Å². The van der Waals surface area contributed by atoms with E-state index in [0.29, 0.717) is 18.1 Å². The first-order valence-electron chi connectivity index (χ1n) is 9.92. The lowest BCUT2D eigenvalue weighted by atomic mass is 9.84. The minimum atomic E-state index is 0.325. The largest absolute Gasteiger partial charge is 0.497 e. The molecule has 2 aliphatic heterocycles. The first kappa shape index (κ1) is 18.5. The number of hydrogen-bond acceptors (Lipinski definition) is 5. The Hall–Kier alpha value is -1.82. The maximum atomic E-state index is 6.25. The highest BCUT2D eigenvalue weighted by Gasteiger charge is 2.41. The lowest BCUT2D eigenvalue weighted by Crippen LogP contribution is -2.59. The molecule has 0 saturated carbocycles. The van der Waals surface area contributed by atoms with Crippen molar-refractivity contribution in [2.45, 2.75) is 38.1 Å². The molecule has 0 N–H and O–H groups in total. The molecule has 2 fully saturated rings. The average molecular weight is 370 g/mol. The standard InChI is InChI=1S/C22H30N2O3/c1-23(15-20-6-4-11-26-20)21-16-24(14-18-5-3-12-27-22(18)21)13-17-7-9-19(25-2)10-8-17/h4,6-11,18,21-22H,3,5,12-16H2,1-2H3/t18-,21+,22-/m0/s1. The molecule has 3 atom stereocenters. The average Bonchev–Trinajstić information content (AvgIpc) is 3.21. The van der Waals surface area contributed by atoms with E-state index < -0.39 is 0 Å². The van der Waals surface area contributed by atoms with Crippen molar-refractivity contribution in [2.75, 3.05) is 33.9 Å². The third-order valence-electron chi connectivity index (χ3n) is 5.93. The third-order valence-corrected chi connectivity index (χ3v) is 5.93. The second kappa shape index (κ2) is 8.46. The molecule has 1 aromatic heterocycles. The normalized spacial score (nSPS) is 26.1. The number of hydrogen-bond donors (Lipinski definition) is 0. The maximum Gasteiger partial charge on any atom is 0.118 e. The van der Waals surface area contributed by atoms with Crippen LogP contribution in [0.3, 0.4) is 0 Å². The molecule has 0 unspecified atom stereocenters. The molecule has 1 aromatic carbocycles. The number of likely N-dealkylation sites (tertiary alicyclic amines) is 1. The second-order valence-electron chi connectivity index (χ2n) is 7.84. The van der Waals surface area contributed by atoms with Crippen molar-refractivity contribution in [2.24, 2.45) is 5.92 Å². The smallest absolute Gasteiger partial charge is 0.118 e. The van der Waals surface area contributed by atoms with Crippen LogP contribution in [0.25, 0.3) is 0 Å². The van der Waals surface area contributed by atoms with Crippen molar-refractivity contribution in [3.8, 4) is 5.75 Å². The van der Waals surface area contributed by atoms with Gasteiger partial charge < -0.3 is 13.9 Å². The van der Waals surface area contributed by atoms with E-state index in [-0.39, 0.29) is 0 Å². The lowest BCUT2D eigenvalue weighted by molar-refractivity contribution is -0.113. The SMILES string of the molecule is COc1ccc(CN2C[C@@H]3CCCO[C@@H]3[C@H](N(C)Cc3ccco3)C2)cc1. The summed E-state index contributed by atoms with van der Waals surface area (Å²) in [6, 6.07) is 12.8. The van der Waals surface area contributed by atoms with E-state index in [0.717, 1.165) is 44.3 Å². The van der Waals surface area contributed by atoms with Gasteiger partial charge in [-0.15, -0.1) is 0 Å². The van der Waals surface area contributed by atoms with Crippen LogP contribution in [0.2, 0.25) is 0 Å². The Kier molecular flexibility index (Phi) is 5.81. The van der Waals surface area contributed by atoms with E-state index in [1.165, 1.54) is 18.4 Å². The summed E-state index contributed by atoms with van der Waals surface area (Å²) in [6.45, 7) is 4.82. The van der Waals surface area contributed by atoms with Gasteiger partial charge in [0, 0.05) is 32.3 Å². The van der Waals surface area contributed by atoms with E-state index in [4.69, 9.17) is 13.9 Å². The third kappa shape index (κ3) is 4.37. The van der Waals surface area contributed by atoms with Gasteiger partial charge in [0.25, 0.3) is 0 Å². The summed E-state index contributed by atoms with van der Waals surface area (Å²) < 4.78 is 17.1. The van der Waals surface area contributed by atoms with Gasteiger partial charge in [0.15, 0.2) is 0 Å². The summed E-state index contributed by atoms with van der Waals surface area (Å²) in [7, 11) is 3.90. The zero-order chi connectivity index (χ0) is 18.6. The van der Waals surface area contributed by atoms with Crippen LogP contribution in [0.4, 0.5) is 0 Å². The zero-order valence-electron chi connectivity index (χ0n) is 16.3. The van der Waals surface area contributed by atoms with Crippen LogP contribution in [0, 0.1) is 5.92 Å². The molecule has 0 spiro atoms. The molecule has 146 valence electrons. The van der Waals surface area contributed by atoms with Crippen molar-refractivity contribution >= 4 is 0 Å². The van der Waals surface area contributed by atoms with Crippen LogP contribution in [0.5, 0.6) is 5.75 Å². The van der Waals surface area contributed by atoms with Gasteiger partial charge in [0.05, 0.1) is 26.0 Å². The van der Waals surface area contributed by atoms with Crippen LogP contribution >= 0.6 is 0 Å². The number of ether oxygens (including phenoxy) is 2. The summed E-state index contributed by atoms with van der Waals surface area (Å²) in [5.74, 6) is 2.53. The summed E-state index contributed by atoms with van der Waals surface area (Å²) in [5.41, 5.74) is 1.33. The molecule has 3 heterocycles. The van der Waals surface area contributed by atoms with Crippen LogP contribution in [0.1, 0.15) is 24.2 Å². The lowest BCUT2D eigenvalue weighted by Gasteiger charge is -2.48. The fourth-order valence-electron chi connectivity index (χ4n) is 4.53. The van der Waals surface area contributed by atoms with Crippen LogP contribution in [0.15, 0.2) is 47.1 Å². The number of benzene rings is 1. The first-order chi connectivity index (χ1) is 13.2. The van der Waals surface area contributed by atoms with Crippen molar-refractivity contribution in [1.82, 2.24) is 9.80 Å². The monoisotopic (exact) mass is 370 g/mol. The number of piperidine rings is 1. The molecule has 2 saturated heterocycles. The predicted molar refractivity (Wildman–Crippen MR) is 105 cm³/mol. The summed E-state index contributed by atoms with van der Waals surface area (Å²) >= 11 is 0. The Labute approximate surface area is 161 Å². The Morgan fingerprint density at radius 2 is 2.04 bits per heavy atom. The minimum absolute atomic E-state index is 0.325.